The van der Waals surface area contributed by atoms with E-state index in [1.165, 1.54) is 0 Å². The molecular formula is C16H25NO2S. The van der Waals surface area contributed by atoms with Gasteiger partial charge in [0.25, 0.3) is 0 Å². The summed E-state index contributed by atoms with van der Waals surface area (Å²) < 4.78 is 11.5. The Morgan fingerprint density at radius 2 is 1.70 bits per heavy atom. The minimum atomic E-state index is -0.114. The molecule has 2 N–H and O–H groups in total. The van der Waals surface area contributed by atoms with Gasteiger partial charge in [-0.1, -0.05) is 45.1 Å². The molecular weight excluding hydrogens is 270 g/mol. The molecule has 0 fully saturated rings. The van der Waals surface area contributed by atoms with Gasteiger partial charge in [0.05, 0.1) is 18.2 Å². The average molecular weight is 295 g/mol. The molecule has 0 bridgehead atoms. The Labute approximate surface area is 127 Å². The zero-order valence-electron chi connectivity index (χ0n) is 12.6. The van der Waals surface area contributed by atoms with Crippen molar-refractivity contribution in [1.82, 2.24) is 0 Å². The number of rotatable bonds is 9. The van der Waals surface area contributed by atoms with Gasteiger partial charge >= 0.3 is 0 Å². The van der Waals surface area contributed by atoms with Gasteiger partial charge in [-0.05, 0) is 31.4 Å². The molecule has 3 nitrogen and oxygen atoms in total. The molecule has 1 aromatic rings. The number of ether oxygens (including phenoxy) is 2. The number of hydrogen-bond acceptors (Lipinski definition) is 3. The molecule has 0 aliphatic rings. The molecule has 0 amide bonds. The lowest BCUT2D eigenvalue weighted by molar-refractivity contribution is 0.256. The first-order valence-electron chi connectivity index (χ1n) is 7.12. The Hall–Kier alpha value is -1.29. The van der Waals surface area contributed by atoms with Crippen LogP contribution in [0.25, 0.3) is 0 Å². The standard InChI is InChI=1S/C16H25NO2S/c1-4-11-18-13-8-5-6-9-14(13)19-12-7-10-16(2,3)15(17)20/h5-6,8-9H,4,7,10-12H2,1-3H3,(H2,17,20). The SMILES string of the molecule is CCCOc1ccccc1OCCCC(C)(C)C(N)=S. The van der Waals surface area contributed by atoms with Crippen LogP contribution in [0.5, 0.6) is 11.5 Å². The summed E-state index contributed by atoms with van der Waals surface area (Å²) in [5.74, 6) is 1.61. The Morgan fingerprint density at radius 3 is 2.20 bits per heavy atom. The molecule has 1 rings (SSSR count). The molecule has 0 aliphatic heterocycles. The molecule has 0 aromatic heterocycles. The van der Waals surface area contributed by atoms with Crippen LogP contribution in [-0.4, -0.2) is 18.2 Å². The van der Waals surface area contributed by atoms with E-state index in [0.29, 0.717) is 18.2 Å². The molecule has 4 heteroatoms. The smallest absolute Gasteiger partial charge is 0.161 e. The van der Waals surface area contributed by atoms with Gasteiger partial charge in [0, 0.05) is 5.41 Å². The Balaban J connectivity index is 2.44. The van der Waals surface area contributed by atoms with E-state index in [0.717, 1.165) is 30.8 Å². The fourth-order valence-electron chi connectivity index (χ4n) is 1.72. The Morgan fingerprint density at radius 1 is 1.15 bits per heavy atom. The van der Waals surface area contributed by atoms with Gasteiger partial charge in [-0.15, -0.1) is 0 Å². The highest BCUT2D eigenvalue weighted by molar-refractivity contribution is 7.80. The molecule has 0 atom stereocenters. The van der Waals surface area contributed by atoms with Gasteiger partial charge in [0.1, 0.15) is 0 Å². The van der Waals surface area contributed by atoms with E-state index >= 15 is 0 Å². The van der Waals surface area contributed by atoms with Crippen molar-refractivity contribution in [2.75, 3.05) is 13.2 Å². The highest BCUT2D eigenvalue weighted by Crippen LogP contribution is 2.28. The van der Waals surface area contributed by atoms with Crippen LogP contribution in [0.2, 0.25) is 0 Å². The van der Waals surface area contributed by atoms with E-state index in [1.54, 1.807) is 0 Å². The molecule has 112 valence electrons. The Bertz CT molecular complexity index is 432. The van der Waals surface area contributed by atoms with E-state index < -0.39 is 0 Å². The third-order valence-electron chi connectivity index (χ3n) is 3.18. The lowest BCUT2D eigenvalue weighted by atomic mass is 9.88. The van der Waals surface area contributed by atoms with Gasteiger partial charge in [0.15, 0.2) is 11.5 Å². The fourth-order valence-corrected chi connectivity index (χ4v) is 1.82. The summed E-state index contributed by atoms with van der Waals surface area (Å²) in [6, 6.07) is 7.77. The van der Waals surface area contributed by atoms with E-state index in [4.69, 9.17) is 27.4 Å². The van der Waals surface area contributed by atoms with Crippen molar-refractivity contribution < 1.29 is 9.47 Å². The van der Waals surface area contributed by atoms with Gasteiger partial charge in [-0.3, -0.25) is 0 Å². The minimum absolute atomic E-state index is 0.114. The van der Waals surface area contributed by atoms with Crippen LogP contribution in [0.4, 0.5) is 0 Å². The number of thiocarbonyl (C=S) groups is 1. The molecule has 0 radical (unpaired) electrons. The summed E-state index contributed by atoms with van der Waals surface area (Å²) in [5, 5.41) is 0. The van der Waals surface area contributed by atoms with Crippen LogP contribution < -0.4 is 15.2 Å². The van der Waals surface area contributed by atoms with E-state index in [-0.39, 0.29) is 5.41 Å². The number of benzene rings is 1. The lowest BCUT2D eigenvalue weighted by Crippen LogP contribution is -2.30. The highest BCUT2D eigenvalue weighted by Gasteiger charge is 2.20. The molecule has 20 heavy (non-hydrogen) atoms. The average Bonchev–Trinajstić information content (AvgIpc) is 2.42. The predicted octanol–water partition coefficient (Wildman–Crippen LogP) is 3.95. The summed E-state index contributed by atoms with van der Waals surface area (Å²) in [4.78, 5) is 0.559. The topological polar surface area (TPSA) is 44.5 Å². The molecule has 0 saturated carbocycles. The molecule has 0 unspecified atom stereocenters. The zero-order valence-corrected chi connectivity index (χ0v) is 13.5. The van der Waals surface area contributed by atoms with Crippen molar-refractivity contribution in [2.45, 2.75) is 40.0 Å². The number of hydrogen-bond donors (Lipinski definition) is 1. The van der Waals surface area contributed by atoms with Crippen LogP contribution in [0, 0.1) is 5.41 Å². The summed E-state index contributed by atoms with van der Waals surface area (Å²) in [6.45, 7) is 7.55. The second-order valence-electron chi connectivity index (χ2n) is 5.50. The van der Waals surface area contributed by atoms with Crippen LogP contribution in [-0.2, 0) is 0 Å². The number of para-hydroxylation sites is 2. The monoisotopic (exact) mass is 295 g/mol. The van der Waals surface area contributed by atoms with Crippen molar-refractivity contribution >= 4 is 17.2 Å². The number of nitrogens with two attached hydrogens (primary N) is 1. The minimum Gasteiger partial charge on any atom is -0.490 e. The van der Waals surface area contributed by atoms with Crippen LogP contribution in [0.1, 0.15) is 40.0 Å². The summed E-state index contributed by atoms with van der Waals surface area (Å²) in [6.07, 6.45) is 2.81. The maximum atomic E-state index is 5.80. The molecule has 0 aliphatic carbocycles. The van der Waals surface area contributed by atoms with Gasteiger partial charge in [-0.25, -0.2) is 0 Å². The van der Waals surface area contributed by atoms with Crippen LogP contribution in [0.3, 0.4) is 0 Å². The molecule has 0 spiro atoms. The van der Waals surface area contributed by atoms with E-state index in [9.17, 15) is 0 Å². The fraction of sp³-hybridized carbons (Fsp3) is 0.562. The lowest BCUT2D eigenvalue weighted by Gasteiger charge is -2.22. The first-order chi connectivity index (χ1) is 9.47. The van der Waals surface area contributed by atoms with E-state index in [1.807, 2.05) is 24.3 Å². The van der Waals surface area contributed by atoms with Crippen LogP contribution in [0.15, 0.2) is 24.3 Å². The maximum absolute atomic E-state index is 5.80. The second-order valence-corrected chi connectivity index (χ2v) is 5.94. The maximum Gasteiger partial charge on any atom is 0.161 e. The zero-order chi connectivity index (χ0) is 15.0. The third kappa shape index (κ3) is 5.37. The normalized spacial score (nSPS) is 11.2. The predicted molar refractivity (Wildman–Crippen MR) is 87.5 cm³/mol. The highest BCUT2D eigenvalue weighted by atomic mass is 32.1. The molecule has 0 heterocycles. The quantitative estimate of drug-likeness (QED) is 0.553. The summed E-state index contributed by atoms with van der Waals surface area (Å²) >= 11 is 5.06. The van der Waals surface area contributed by atoms with Crippen molar-refractivity contribution in [1.29, 1.82) is 0 Å². The largest absolute Gasteiger partial charge is 0.490 e. The first kappa shape index (κ1) is 16.8. The van der Waals surface area contributed by atoms with Crippen molar-refractivity contribution in [3.05, 3.63) is 24.3 Å². The van der Waals surface area contributed by atoms with Gasteiger partial charge < -0.3 is 15.2 Å². The first-order valence-corrected chi connectivity index (χ1v) is 7.52. The second kappa shape index (κ2) is 8.10. The van der Waals surface area contributed by atoms with E-state index in [2.05, 4.69) is 20.8 Å². The molecule has 0 saturated heterocycles. The van der Waals surface area contributed by atoms with Gasteiger partial charge in [-0.2, -0.15) is 0 Å². The third-order valence-corrected chi connectivity index (χ3v) is 3.73. The molecule has 1 aromatic carbocycles. The van der Waals surface area contributed by atoms with Crippen LogP contribution >= 0.6 is 12.2 Å². The van der Waals surface area contributed by atoms with Crippen molar-refractivity contribution in [2.24, 2.45) is 11.1 Å². The summed E-state index contributed by atoms with van der Waals surface area (Å²) in [5.41, 5.74) is 5.60. The Kier molecular flexibility index (Phi) is 6.79. The summed E-state index contributed by atoms with van der Waals surface area (Å²) in [7, 11) is 0. The van der Waals surface area contributed by atoms with Crippen molar-refractivity contribution in [3.63, 3.8) is 0 Å². The van der Waals surface area contributed by atoms with Gasteiger partial charge in [0.2, 0.25) is 0 Å². The van der Waals surface area contributed by atoms with Crippen molar-refractivity contribution in [3.8, 4) is 11.5 Å².